The minimum absolute atomic E-state index is 0.0299. The second-order valence-electron chi connectivity index (χ2n) is 6.21. The molecule has 1 aromatic heterocycles. The Labute approximate surface area is 175 Å². The first-order valence-electron chi connectivity index (χ1n) is 8.73. The average Bonchev–Trinajstić information content (AvgIpc) is 3.17. The number of benzene rings is 3. The van der Waals surface area contributed by atoms with Gasteiger partial charge in [0, 0.05) is 21.8 Å². The van der Waals surface area contributed by atoms with E-state index in [4.69, 9.17) is 13.9 Å². The van der Waals surface area contributed by atoms with Crippen molar-refractivity contribution in [2.24, 2.45) is 4.99 Å². The molecule has 0 saturated heterocycles. The molecule has 0 aliphatic carbocycles. The summed E-state index contributed by atoms with van der Waals surface area (Å²) < 4.78 is 17.1. The van der Waals surface area contributed by atoms with Crippen molar-refractivity contribution in [2.45, 2.75) is 0 Å². The van der Waals surface area contributed by atoms with E-state index < -0.39 is 0 Å². The second-order valence-corrected chi connectivity index (χ2v) is 7.12. The van der Waals surface area contributed by atoms with E-state index in [2.05, 4.69) is 25.9 Å². The third-order valence-electron chi connectivity index (χ3n) is 4.33. The minimum atomic E-state index is 0.0299. The van der Waals surface area contributed by atoms with Gasteiger partial charge in [-0.1, -0.05) is 22.0 Å². The molecule has 146 valence electrons. The van der Waals surface area contributed by atoms with Gasteiger partial charge in [0.25, 0.3) is 0 Å². The average molecular weight is 453 g/mol. The first kappa shape index (κ1) is 19.0. The largest absolute Gasteiger partial charge is 0.504 e. The maximum Gasteiger partial charge on any atom is 0.227 e. The van der Waals surface area contributed by atoms with Crippen LogP contribution >= 0.6 is 15.9 Å². The van der Waals surface area contributed by atoms with E-state index in [0.717, 1.165) is 15.8 Å². The first-order valence-corrected chi connectivity index (χ1v) is 9.52. The molecule has 0 aliphatic heterocycles. The van der Waals surface area contributed by atoms with Gasteiger partial charge in [0.1, 0.15) is 11.3 Å². The van der Waals surface area contributed by atoms with E-state index in [1.165, 1.54) is 7.11 Å². The normalized spacial score (nSPS) is 11.3. The number of halogens is 1. The van der Waals surface area contributed by atoms with Gasteiger partial charge < -0.3 is 19.0 Å². The quantitative estimate of drug-likeness (QED) is 0.391. The fraction of sp³-hybridized carbons (Fsp3) is 0.0909. The summed E-state index contributed by atoms with van der Waals surface area (Å²) in [4.78, 5) is 9.01. The lowest BCUT2D eigenvalue weighted by Crippen LogP contribution is -1.89. The number of methoxy groups -OCH3 is 2. The van der Waals surface area contributed by atoms with E-state index in [1.54, 1.807) is 25.5 Å². The summed E-state index contributed by atoms with van der Waals surface area (Å²) in [7, 11) is 3.12. The Morgan fingerprint density at radius 2 is 1.93 bits per heavy atom. The zero-order valence-corrected chi connectivity index (χ0v) is 17.3. The Morgan fingerprint density at radius 3 is 2.72 bits per heavy atom. The summed E-state index contributed by atoms with van der Waals surface area (Å²) >= 11 is 3.40. The van der Waals surface area contributed by atoms with Crippen molar-refractivity contribution < 1.29 is 19.0 Å². The number of fused-ring (bicyclic) bond motifs is 1. The van der Waals surface area contributed by atoms with Crippen LogP contribution in [-0.4, -0.2) is 30.5 Å². The number of phenolic OH excluding ortho intramolecular Hbond substituents is 1. The number of aromatic nitrogens is 1. The molecular formula is C22H17BrN2O4. The van der Waals surface area contributed by atoms with Crippen LogP contribution in [0.2, 0.25) is 0 Å². The molecule has 0 amide bonds. The number of rotatable bonds is 5. The highest BCUT2D eigenvalue weighted by molar-refractivity contribution is 9.10. The third-order valence-corrected chi connectivity index (χ3v) is 4.79. The predicted molar refractivity (Wildman–Crippen MR) is 116 cm³/mol. The molecule has 4 rings (SSSR count). The number of ether oxygens (including phenoxy) is 2. The second kappa shape index (κ2) is 7.97. The summed E-state index contributed by atoms with van der Waals surface area (Å²) in [6.07, 6.45) is 1.58. The third kappa shape index (κ3) is 3.95. The van der Waals surface area contributed by atoms with Crippen LogP contribution in [0.5, 0.6) is 17.2 Å². The van der Waals surface area contributed by atoms with Crippen LogP contribution < -0.4 is 9.47 Å². The molecule has 0 fully saturated rings. The van der Waals surface area contributed by atoms with Crippen LogP contribution in [0.15, 0.2) is 68.5 Å². The lowest BCUT2D eigenvalue weighted by Gasteiger charge is -2.06. The summed E-state index contributed by atoms with van der Waals surface area (Å²) in [6.45, 7) is 0. The monoisotopic (exact) mass is 452 g/mol. The van der Waals surface area contributed by atoms with Gasteiger partial charge in [-0.15, -0.1) is 0 Å². The highest BCUT2D eigenvalue weighted by Gasteiger charge is 2.11. The van der Waals surface area contributed by atoms with E-state index in [1.807, 2.05) is 42.5 Å². The van der Waals surface area contributed by atoms with Gasteiger partial charge in [-0.05, 0) is 48.5 Å². The molecule has 0 aliphatic rings. The van der Waals surface area contributed by atoms with Gasteiger partial charge >= 0.3 is 0 Å². The van der Waals surface area contributed by atoms with Crippen LogP contribution in [0.1, 0.15) is 5.56 Å². The molecular weight excluding hydrogens is 436 g/mol. The Balaban J connectivity index is 1.66. The van der Waals surface area contributed by atoms with Crippen LogP contribution in [-0.2, 0) is 0 Å². The molecule has 0 spiro atoms. The molecule has 1 heterocycles. The van der Waals surface area contributed by atoms with Crippen molar-refractivity contribution in [3.63, 3.8) is 0 Å². The molecule has 0 unspecified atom stereocenters. The molecule has 3 aromatic carbocycles. The molecule has 0 atom stereocenters. The minimum Gasteiger partial charge on any atom is -0.504 e. The Hall–Kier alpha value is -3.32. The van der Waals surface area contributed by atoms with Crippen molar-refractivity contribution in [1.29, 1.82) is 0 Å². The summed E-state index contributed by atoms with van der Waals surface area (Å²) in [5.74, 6) is 1.65. The highest BCUT2D eigenvalue weighted by Crippen LogP contribution is 2.33. The number of aliphatic imine (C=N–C) groups is 1. The maximum atomic E-state index is 10.3. The SMILES string of the molecule is COc1cccc(-c2nc3cc(N=Cc4cc(Br)cc(OC)c4O)ccc3o2)c1. The fourth-order valence-corrected chi connectivity index (χ4v) is 3.32. The van der Waals surface area contributed by atoms with Crippen molar-refractivity contribution >= 4 is 38.9 Å². The number of nitrogens with zero attached hydrogens (tertiary/aromatic N) is 2. The number of hydrogen-bond acceptors (Lipinski definition) is 6. The Kier molecular flexibility index (Phi) is 5.22. The van der Waals surface area contributed by atoms with Crippen LogP contribution in [0.4, 0.5) is 5.69 Å². The van der Waals surface area contributed by atoms with Crippen molar-refractivity contribution in [3.05, 3.63) is 64.6 Å². The van der Waals surface area contributed by atoms with E-state index in [-0.39, 0.29) is 5.75 Å². The summed E-state index contributed by atoms with van der Waals surface area (Å²) in [5.41, 5.74) is 3.40. The Bertz CT molecular complexity index is 1220. The van der Waals surface area contributed by atoms with Gasteiger partial charge in [-0.2, -0.15) is 0 Å². The summed E-state index contributed by atoms with van der Waals surface area (Å²) in [6, 6.07) is 16.5. The zero-order chi connectivity index (χ0) is 20.4. The number of phenols is 1. The van der Waals surface area contributed by atoms with E-state index in [9.17, 15) is 5.11 Å². The molecule has 4 aromatic rings. The van der Waals surface area contributed by atoms with Gasteiger partial charge in [-0.25, -0.2) is 4.98 Å². The lowest BCUT2D eigenvalue weighted by molar-refractivity contribution is 0.373. The van der Waals surface area contributed by atoms with Crippen LogP contribution in [0.3, 0.4) is 0 Å². The van der Waals surface area contributed by atoms with E-state index in [0.29, 0.717) is 34.0 Å². The van der Waals surface area contributed by atoms with Crippen LogP contribution in [0.25, 0.3) is 22.6 Å². The molecule has 6 nitrogen and oxygen atoms in total. The van der Waals surface area contributed by atoms with Crippen molar-refractivity contribution in [1.82, 2.24) is 4.98 Å². The predicted octanol–water partition coefficient (Wildman–Crippen LogP) is 5.73. The molecule has 0 radical (unpaired) electrons. The van der Waals surface area contributed by atoms with Gasteiger partial charge in [-0.3, -0.25) is 4.99 Å². The molecule has 7 heteroatoms. The van der Waals surface area contributed by atoms with Crippen molar-refractivity contribution in [3.8, 4) is 28.7 Å². The van der Waals surface area contributed by atoms with Crippen LogP contribution in [0, 0.1) is 0 Å². The summed E-state index contributed by atoms with van der Waals surface area (Å²) in [5, 5.41) is 10.3. The molecule has 1 N–H and O–H groups in total. The number of hydrogen-bond donors (Lipinski definition) is 1. The zero-order valence-electron chi connectivity index (χ0n) is 15.7. The standard InChI is InChI=1S/C22H17BrN2O4/c1-27-17-5-3-4-13(9-17)22-25-18-11-16(6-7-19(18)29-22)24-12-14-8-15(23)10-20(28-2)21(14)26/h3-12,26H,1-2H3. The fourth-order valence-electron chi connectivity index (χ4n) is 2.87. The van der Waals surface area contributed by atoms with Gasteiger partial charge in [0.2, 0.25) is 5.89 Å². The Morgan fingerprint density at radius 1 is 1.07 bits per heavy atom. The number of aromatic hydroxyl groups is 1. The van der Waals surface area contributed by atoms with E-state index >= 15 is 0 Å². The topological polar surface area (TPSA) is 77.1 Å². The first-order chi connectivity index (χ1) is 14.1. The number of oxazole rings is 1. The lowest BCUT2D eigenvalue weighted by atomic mass is 10.2. The van der Waals surface area contributed by atoms with Gasteiger partial charge in [0.15, 0.2) is 17.1 Å². The molecule has 29 heavy (non-hydrogen) atoms. The maximum absolute atomic E-state index is 10.3. The van der Waals surface area contributed by atoms with Crippen molar-refractivity contribution in [2.75, 3.05) is 14.2 Å². The highest BCUT2D eigenvalue weighted by atomic mass is 79.9. The molecule has 0 bridgehead atoms. The smallest absolute Gasteiger partial charge is 0.227 e. The molecule has 0 saturated carbocycles. The van der Waals surface area contributed by atoms with Gasteiger partial charge in [0.05, 0.1) is 19.9 Å².